The van der Waals surface area contributed by atoms with Crippen LogP contribution in [-0.2, 0) is 11.2 Å². The second-order valence-electron chi connectivity index (χ2n) is 4.57. The van der Waals surface area contributed by atoms with Crippen molar-refractivity contribution in [3.63, 3.8) is 0 Å². The predicted molar refractivity (Wildman–Crippen MR) is 81.7 cm³/mol. The maximum absolute atomic E-state index is 10.7. The summed E-state index contributed by atoms with van der Waals surface area (Å²) in [6, 6.07) is 3.75. The van der Waals surface area contributed by atoms with Crippen LogP contribution in [0.5, 0.6) is 0 Å². The summed E-state index contributed by atoms with van der Waals surface area (Å²) in [5.41, 5.74) is 2.62. The lowest BCUT2D eigenvalue weighted by molar-refractivity contribution is -0.136. The van der Waals surface area contributed by atoms with E-state index in [1.54, 1.807) is 0 Å². The lowest BCUT2D eigenvalue weighted by atomic mass is 10.2. The third-order valence-corrected chi connectivity index (χ3v) is 4.96. The number of aryl methyl sites for hydroxylation is 2. The van der Waals surface area contributed by atoms with E-state index in [2.05, 4.69) is 10.1 Å². The quantitative estimate of drug-likeness (QED) is 0.792. The van der Waals surface area contributed by atoms with Gasteiger partial charge < -0.3 is 9.63 Å². The zero-order valence-corrected chi connectivity index (χ0v) is 13.0. The van der Waals surface area contributed by atoms with Crippen LogP contribution in [0.2, 0.25) is 0 Å². The second-order valence-corrected chi connectivity index (χ2v) is 6.60. The van der Waals surface area contributed by atoms with Crippen LogP contribution in [-0.4, -0.2) is 21.2 Å². The summed E-state index contributed by atoms with van der Waals surface area (Å²) < 4.78 is 5.17. The van der Waals surface area contributed by atoms with Gasteiger partial charge in [-0.2, -0.15) is 0 Å². The number of thiazole rings is 1. The Labute approximate surface area is 128 Å². The van der Waals surface area contributed by atoms with Gasteiger partial charge in [0.25, 0.3) is 0 Å². The van der Waals surface area contributed by atoms with Crippen molar-refractivity contribution in [3.8, 4) is 21.1 Å². The van der Waals surface area contributed by atoms with E-state index in [1.165, 1.54) is 22.7 Å². The summed E-state index contributed by atoms with van der Waals surface area (Å²) in [6.07, 6.45) is 0.0472. The maximum atomic E-state index is 10.7. The van der Waals surface area contributed by atoms with E-state index >= 15 is 0 Å². The number of hydrogen-bond acceptors (Lipinski definition) is 6. The van der Waals surface area contributed by atoms with Gasteiger partial charge in [0, 0.05) is 10.3 Å². The molecular weight excluding hydrogens is 308 g/mol. The van der Waals surface area contributed by atoms with Crippen molar-refractivity contribution in [1.29, 1.82) is 0 Å². The molecule has 3 aromatic heterocycles. The minimum absolute atomic E-state index is 0.0472. The fraction of sp³-hybridized carbons (Fsp3) is 0.214. The van der Waals surface area contributed by atoms with E-state index in [0.717, 1.165) is 37.5 Å². The normalized spacial score (nSPS) is 11.0. The van der Waals surface area contributed by atoms with E-state index in [-0.39, 0.29) is 6.42 Å². The van der Waals surface area contributed by atoms with Crippen molar-refractivity contribution in [3.05, 3.63) is 33.8 Å². The van der Waals surface area contributed by atoms with Crippen molar-refractivity contribution in [1.82, 2.24) is 10.1 Å². The molecule has 7 heteroatoms. The molecule has 1 N–H and O–H groups in total. The smallest absolute Gasteiger partial charge is 0.308 e. The Bertz CT molecular complexity index is 781. The molecule has 3 aromatic rings. The first-order chi connectivity index (χ1) is 10.0. The lowest BCUT2D eigenvalue weighted by Gasteiger charge is -1.93. The molecule has 0 radical (unpaired) electrons. The number of thiophene rings is 1. The molecular formula is C14H12N2O3S2. The van der Waals surface area contributed by atoms with Gasteiger partial charge in [0.2, 0.25) is 0 Å². The number of aromatic nitrogens is 2. The van der Waals surface area contributed by atoms with Gasteiger partial charge in [-0.15, -0.1) is 22.7 Å². The highest BCUT2D eigenvalue weighted by Gasteiger charge is 2.16. The van der Waals surface area contributed by atoms with E-state index in [0.29, 0.717) is 0 Å². The molecule has 108 valence electrons. The van der Waals surface area contributed by atoms with Crippen LogP contribution >= 0.6 is 22.7 Å². The van der Waals surface area contributed by atoms with Crippen molar-refractivity contribution in [2.75, 3.05) is 0 Å². The molecule has 0 spiro atoms. The van der Waals surface area contributed by atoms with Crippen molar-refractivity contribution in [2.45, 2.75) is 20.3 Å². The Kier molecular flexibility index (Phi) is 3.60. The molecule has 0 aromatic carbocycles. The molecule has 0 fully saturated rings. The number of rotatable bonds is 4. The summed E-state index contributed by atoms with van der Waals surface area (Å²) in [7, 11) is 0. The average molecular weight is 320 g/mol. The number of aliphatic carboxylic acids is 1. The van der Waals surface area contributed by atoms with Gasteiger partial charge >= 0.3 is 5.97 Å². The van der Waals surface area contributed by atoms with Crippen LogP contribution in [0.15, 0.2) is 22.0 Å². The Hall–Kier alpha value is -1.99. The third kappa shape index (κ3) is 2.74. The average Bonchev–Trinajstić information content (AvgIpc) is 3.10. The fourth-order valence-corrected chi connectivity index (χ4v) is 4.05. The molecule has 0 unspecified atom stereocenters. The van der Waals surface area contributed by atoms with Crippen LogP contribution in [0.1, 0.15) is 16.3 Å². The van der Waals surface area contributed by atoms with Gasteiger partial charge in [-0.1, -0.05) is 5.16 Å². The van der Waals surface area contributed by atoms with Crippen LogP contribution in [0.25, 0.3) is 21.1 Å². The number of carboxylic acids is 1. The molecule has 0 saturated heterocycles. The van der Waals surface area contributed by atoms with E-state index in [1.807, 2.05) is 31.4 Å². The Balaban J connectivity index is 1.92. The van der Waals surface area contributed by atoms with E-state index in [4.69, 9.17) is 9.63 Å². The van der Waals surface area contributed by atoms with Gasteiger partial charge in [-0.05, 0) is 26.0 Å². The second kappa shape index (κ2) is 5.42. The zero-order valence-electron chi connectivity index (χ0n) is 11.4. The summed E-state index contributed by atoms with van der Waals surface area (Å²) in [6.45, 7) is 3.76. The van der Waals surface area contributed by atoms with Crippen LogP contribution in [0.4, 0.5) is 0 Å². The number of nitrogens with zero attached hydrogens (tertiary/aromatic N) is 2. The first-order valence-corrected chi connectivity index (χ1v) is 7.94. The van der Waals surface area contributed by atoms with Gasteiger partial charge in [-0.25, -0.2) is 4.98 Å². The number of carboxylic acid groups (broad SMARTS) is 1. The topological polar surface area (TPSA) is 76.2 Å². The molecule has 0 aliphatic carbocycles. The largest absolute Gasteiger partial charge is 0.481 e. The van der Waals surface area contributed by atoms with Gasteiger partial charge in [0.1, 0.15) is 10.8 Å². The molecule has 0 saturated carbocycles. The molecule has 21 heavy (non-hydrogen) atoms. The summed E-state index contributed by atoms with van der Waals surface area (Å²) in [5, 5.41) is 15.6. The SMILES string of the molecule is Cc1noc(C)c1-c1nc(-c2ccc(CC(=O)O)s2)cs1. The summed E-state index contributed by atoms with van der Waals surface area (Å²) in [4.78, 5) is 17.1. The molecule has 0 aliphatic heterocycles. The molecule has 3 heterocycles. The molecule has 0 aliphatic rings. The van der Waals surface area contributed by atoms with E-state index in [9.17, 15) is 4.79 Å². The first kappa shape index (κ1) is 14.0. The molecule has 0 amide bonds. The Morgan fingerprint density at radius 3 is 2.86 bits per heavy atom. The summed E-state index contributed by atoms with van der Waals surface area (Å²) >= 11 is 2.99. The minimum atomic E-state index is -0.821. The fourth-order valence-electron chi connectivity index (χ4n) is 2.05. The lowest BCUT2D eigenvalue weighted by Crippen LogP contribution is -1.96. The zero-order chi connectivity index (χ0) is 15.0. The number of hydrogen-bond donors (Lipinski definition) is 1. The van der Waals surface area contributed by atoms with Gasteiger partial charge in [0.15, 0.2) is 0 Å². The first-order valence-electron chi connectivity index (χ1n) is 6.24. The van der Waals surface area contributed by atoms with Gasteiger partial charge in [-0.3, -0.25) is 4.79 Å². The highest BCUT2D eigenvalue weighted by atomic mass is 32.1. The van der Waals surface area contributed by atoms with Crippen LogP contribution < -0.4 is 0 Å². The molecule has 0 atom stereocenters. The van der Waals surface area contributed by atoms with Gasteiger partial charge in [0.05, 0.1) is 28.2 Å². The number of carbonyl (C=O) groups is 1. The van der Waals surface area contributed by atoms with Crippen molar-refractivity contribution < 1.29 is 14.4 Å². The third-order valence-electron chi connectivity index (χ3n) is 2.99. The highest BCUT2D eigenvalue weighted by Crippen LogP contribution is 2.35. The van der Waals surface area contributed by atoms with Crippen molar-refractivity contribution in [2.24, 2.45) is 0 Å². The van der Waals surface area contributed by atoms with Crippen LogP contribution in [0, 0.1) is 13.8 Å². The standard InChI is InChI=1S/C14H12N2O3S2/c1-7-13(8(2)19-16-7)14-15-10(6-20-14)11-4-3-9(21-11)5-12(17)18/h3-4,6H,5H2,1-2H3,(H,17,18). The van der Waals surface area contributed by atoms with Crippen molar-refractivity contribution >= 4 is 28.6 Å². The predicted octanol–water partition coefficient (Wildman–Crippen LogP) is 3.77. The maximum Gasteiger partial charge on any atom is 0.308 e. The van der Waals surface area contributed by atoms with E-state index < -0.39 is 5.97 Å². The Morgan fingerprint density at radius 2 is 2.19 bits per heavy atom. The van der Waals surface area contributed by atoms with Crippen LogP contribution in [0.3, 0.4) is 0 Å². The minimum Gasteiger partial charge on any atom is -0.481 e. The molecule has 3 rings (SSSR count). The molecule has 5 nitrogen and oxygen atoms in total. The summed E-state index contributed by atoms with van der Waals surface area (Å²) in [5.74, 6) is -0.0655. The highest BCUT2D eigenvalue weighted by molar-refractivity contribution is 7.16. The monoisotopic (exact) mass is 320 g/mol. The molecule has 0 bridgehead atoms. The Morgan fingerprint density at radius 1 is 1.38 bits per heavy atom.